The van der Waals surface area contributed by atoms with Gasteiger partial charge in [-0.05, 0) is 64.9 Å². The van der Waals surface area contributed by atoms with Crippen LogP contribution in [0.25, 0.3) is 0 Å². The lowest BCUT2D eigenvalue weighted by atomic mass is 10.1. The summed E-state index contributed by atoms with van der Waals surface area (Å²) in [5, 5.41) is 26.6. The number of aliphatic carboxylic acids is 2. The van der Waals surface area contributed by atoms with Crippen LogP contribution >= 0.6 is 0 Å². The zero-order chi connectivity index (χ0) is 31.6. The Kier molecular flexibility index (Phi) is 12.6. The Bertz CT molecular complexity index is 1260. The molecule has 3 rings (SSSR count). The lowest BCUT2D eigenvalue weighted by Crippen LogP contribution is -2.48. The first-order valence-electron chi connectivity index (χ1n) is 14.0. The SMILES string of the molecule is CCN(C(C)C)C(C)C.CN1c2c(nc(N)[nH]c2=O)NC[C@@H]1CNc1ccc(C(=O)NC(CCC(=O)O)C(=O)O)cc1. The van der Waals surface area contributed by atoms with Crippen LogP contribution in [0.2, 0.25) is 0 Å². The van der Waals surface area contributed by atoms with Crippen LogP contribution in [0.3, 0.4) is 0 Å². The van der Waals surface area contributed by atoms with Crippen LogP contribution in [0.4, 0.5) is 23.1 Å². The Morgan fingerprint density at radius 3 is 2.26 bits per heavy atom. The monoisotopic (exact) mass is 588 g/mol. The zero-order valence-electron chi connectivity index (χ0n) is 25.1. The molecule has 0 radical (unpaired) electrons. The molecule has 232 valence electrons. The normalized spacial score (nSPS) is 14.9. The number of nitrogens with zero attached hydrogens (tertiary/aromatic N) is 3. The minimum Gasteiger partial charge on any atom is -0.481 e. The largest absolute Gasteiger partial charge is 0.481 e. The number of carbonyl (C=O) groups excluding carboxylic acids is 1. The molecule has 0 fully saturated rings. The van der Waals surface area contributed by atoms with Gasteiger partial charge in [0.25, 0.3) is 11.5 Å². The summed E-state index contributed by atoms with van der Waals surface area (Å²) in [4.78, 5) is 57.3. The highest BCUT2D eigenvalue weighted by Gasteiger charge is 2.27. The maximum Gasteiger partial charge on any atom is 0.326 e. The Morgan fingerprint density at radius 1 is 1.14 bits per heavy atom. The molecule has 2 heterocycles. The number of hydrogen-bond acceptors (Lipinski definition) is 10. The van der Waals surface area contributed by atoms with E-state index in [0.717, 1.165) is 12.2 Å². The fraction of sp³-hybridized carbons (Fsp3) is 0.536. The van der Waals surface area contributed by atoms with E-state index >= 15 is 0 Å². The first kappa shape index (κ1) is 33.9. The standard InChI is InChI=1S/C20H25N7O6.C8H19N/c1-27-12(9-23-16-15(27)18(31)26-20(21)25-16)8-22-11-4-2-10(3-5-11)17(30)24-13(19(32)33)6-7-14(28)29;1-6-9(7(2)3)8(4)5/h2-5,12-13,22H,6-9H2,1H3,(H,24,30)(H,28,29)(H,32,33)(H4,21,23,25,26,31);7-8H,6H2,1-5H3/t12-,13?;/m0./s1. The van der Waals surface area contributed by atoms with Crippen LogP contribution in [0.15, 0.2) is 29.1 Å². The number of carbonyl (C=O) groups is 3. The summed E-state index contributed by atoms with van der Waals surface area (Å²) in [6.07, 6.45) is -0.586. The molecule has 8 N–H and O–H groups in total. The van der Waals surface area contributed by atoms with Gasteiger partial charge in [-0.3, -0.25) is 24.3 Å². The van der Waals surface area contributed by atoms with Crippen LogP contribution in [0.5, 0.6) is 0 Å². The van der Waals surface area contributed by atoms with Crippen LogP contribution in [-0.2, 0) is 9.59 Å². The zero-order valence-corrected chi connectivity index (χ0v) is 25.1. The number of anilines is 4. The van der Waals surface area contributed by atoms with E-state index in [4.69, 9.17) is 10.8 Å². The first-order chi connectivity index (χ1) is 19.7. The predicted molar refractivity (Wildman–Crippen MR) is 163 cm³/mol. The molecular formula is C28H44N8O6. The number of aromatic nitrogens is 2. The lowest BCUT2D eigenvalue weighted by Gasteiger charge is -2.35. The molecule has 0 spiro atoms. The van der Waals surface area contributed by atoms with Crippen molar-refractivity contribution in [2.75, 3.05) is 47.9 Å². The summed E-state index contributed by atoms with van der Waals surface area (Å²) >= 11 is 0. The summed E-state index contributed by atoms with van der Waals surface area (Å²) in [6, 6.07) is 6.41. The summed E-state index contributed by atoms with van der Waals surface area (Å²) in [5.41, 5.74) is 6.59. The molecule has 1 aliphatic heterocycles. The Balaban J connectivity index is 0.000000592. The van der Waals surface area contributed by atoms with Gasteiger partial charge < -0.3 is 36.8 Å². The number of aromatic amines is 1. The lowest BCUT2D eigenvalue weighted by molar-refractivity contribution is -0.140. The smallest absolute Gasteiger partial charge is 0.326 e. The summed E-state index contributed by atoms with van der Waals surface area (Å²) < 4.78 is 0. The van der Waals surface area contributed by atoms with Crippen molar-refractivity contribution in [3.63, 3.8) is 0 Å². The van der Waals surface area contributed by atoms with E-state index in [9.17, 15) is 24.3 Å². The van der Waals surface area contributed by atoms with Crippen molar-refractivity contribution < 1.29 is 24.6 Å². The van der Waals surface area contributed by atoms with Crippen LogP contribution in [0.1, 0.15) is 57.8 Å². The minimum absolute atomic E-state index is 0.0388. The third-order valence-electron chi connectivity index (χ3n) is 6.95. The number of likely N-dealkylation sites (N-methyl/N-ethyl adjacent to an activating group) is 1. The summed E-state index contributed by atoms with van der Waals surface area (Å²) in [6.45, 7) is 13.3. The van der Waals surface area contributed by atoms with Gasteiger partial charge in [-0.2, -0.15) is 4.98 Å². The number of benzene rings is 1. The molecule has 14 heteroatoms. The highest BCUT2D eigenvalue weighted by atomic mass is 16.4. The van der Waals surface area contributed by atoms with E-state index in [1.54, 1.807) is 19.2 Å². The van der Waals surface area contributed by atoms with Gasteiger partial charge in [0.1, 0.15) is 11.7 Å². The van der Waals surface area contributed by atoms with E-state index < -0.39 is 23.9 Å². The van der Waals surface area contributed by atoms with Gasteiger partial charge in [-0.25, -0.2) is 4.79 Å². The number of carboxylic acid groups (broad SMARTS) is 2. The number of hydrogen-bond donors (Lipinski definition) is 7. The second-order valence-electron chi connectivity index (χ2n) is 10.6. The quantitative estimate of drug-likeness (QED) is 0.190. The average Bonchev–Trinajstić information content (AvgIpc) is 2.90. The molecular weight excluding hydrogens is 544 g/mol. The minimum atomic E-state index is -1.30. The number of rotatable bonds is 12. The molecule has 0 aliphatic carbocycles. The van der Waals surface area contributed by atoms with Gasteiger partial charge in [0.15, 0.2) is 5.82 Å². The van der Waals surface area contributed by atoms with Crippen molar-refractivity contribution in [3.05, 3.63) is 40.2 Å². The van der Waals surface area contributed by atoms with E-state index in [0.29, 0.717) is 36.7 Å². The Hall–Kier alpha value is -4.33. The number of nitrogens with one attached hydrogen (secondary N) is 4. The van der Waals surface area contributed by atoms with Gasteiger partial charge in [-0.1, -0.05) is 6.92 Å². The van der Waals surface area contributed by atoms with Crippen molar-refractivity contribution in [2.24, 2.45) is 0 Å². The van der Waals surface area contributed by atoms with E-state index in [1.807, 2.05) is 4.90 Å². The van der Waals surface area contributed by atoms with E-state index in [-0.39, 0.29) is 36.0 Å². The molecule has 1 amide bonds. The van der Waals surface area contributed by atoms with Crippen molar-refractivity contribution in [1.82, 2.24) is 20.2 Å². The molecule has 14 nitrogen and oxygen atoms in total. The number of amides is 1. The summed E-state index contributed by atoms with van der Waals surface area (Å²) in [5.74, 6) is -2.59. The predicted octanol–water partition coefficient (Wildman–Crippen LogP) is 1.87. The van der Waals surface area contributed by atoms with Gasteiger partial charge >= 0.3 is 11.9 Å². The van der Waals surface area contributed by atoms with Crippen LogP contribution in [0, 0.1) is 0 Å². The Labute approximate surface area is 245 Å². The molecule has 1 aromatic heterocycles. The van der Waals surface area contributed by atoms with Gasteiger partial charge in [0, 0.05) is 49.9 Å². The molecule has 2 aromatic rings. The maximum absolute atomic E-state index is 12.3. The van der Waals surface area contributed by atoms with Crippen LogP contribution in [-0.4, -0.2) is 93.8 Å². The number of H-pyrrole nitrogens is 1. The fourth-order valence-electron chi connectivity index (χ4n) is 4.75. The second kappa shape index (κ2) is 15.6. The highest BCUT2D eigenvalue weighted by Crippen LogP contribution is 2.25. The third-order valence-corrected chi connectivity index (χ3v) is 6.95. The third kappa shape index (κ3) is 9.65. The van der Waals surface area contributed by atoms with Crippen LogP contribution < -0.4 is 32.1 Å². The number of nitrogens with two attached hydrogens (primary N) is 1. The van der Waals surface area contributed by atoms with Crippen molar-refractivity contribution in [1.29, 1.82) is 0 Å². The molecule has 1 aromatic carbocycles. The van der Waals surface area contributed by atoms with Gasteiger partial charge in [0.2, 0.25) is 5.95 Å². The van der Waals surface area contributed by atoms with E-state index in [2.05, 4.69) is 65.4 Å². The second-order valence-corrected chi connectivity index (χ2v) is 10.6. The van der Waals surface area contributed by atoms with Crippen molar-refractivity contribution in [3.8, 4) is 0 Å². The van der Waals surface area contributed by atoms with Gasteiger partial charge in [0.05, 0.1) is 6.04 Å². The summed E-state index contributed by atoms with van der Waals surface area (Å²) in [7, 11) is 1.79. The molecule has 1 unspecified atom stereocenters. The molecule has 1 aliphatic rings. The van der Waals surface area contributed by atoms with Crippen molar-refractivity contribution in [2.45, 2.75) is 71.6 Å². The molecule has 0 bridgehead atoms. The molecule has 42 heavy (non-hydrogen) atoms. The topological polar surface area (TPSA) is 206 Å². The average molecular weight is 589 g/mol. The van der Waals surface area contributed by atoms with Crippen molar-refractivity contribution >= 4 is 41.0 Å². The molecule has 0 saturated heterocycles. The number of fused-ring (bicyclic) bond motifs is 1. The molecule has 2 atom stereocenters. The number of carboxylic acids is 2. The number of nitrogen functional groups attached to an aromatic ring is 1. The van der Waals surface area contributed by atoms with E-state index in [1.165, 1.54) is 12.1 Å². The van der Waals surface area contributed by atoms with Gasteiger partial charge in [-0.15, -0.1) is 0 Å². The Morgan fingerprint density at radius 2 is 1.76 bits per heavy atom. The fourth-order valence-corrected chi connectivity index (χ4v) is 4.75. The highest BCUT2D eigenvalue weighted by molar-refractivity contribution is 5.97. The molecule has 0 saturated carbocycles. The maximum atomic E-state index is 12.3. The first-order valence-corrected chi connectivity index (χ1v) is 14.0.